The summed E-state index contributed by atoms with van der Waals surface area (Å²) in [6.45, 7) is 1.93. The average Bonchev–Trinajstić information content (AvgIpc) is 3.21. The first-order valence-electron chi connectivity index (χ1n) is 8.43. The van der Waals surface area contributed by atoms with E-state index in [-0.39, 0.29) is 12.1 Å². The van der Waals surface area contributed by atoms with Crippen LogP contribution >= 0.6 is 0 Å². The maximum atomic E-state index is 12.1. The maximum Gasteiger partial charge on any atom is 0.319 e. The lowest BCUT2D eigenvalue weighted by atomic mass is 10.2. The molecule has 1 aliphatic rings. The Morgan fingerprint density at radius 2 is 2.00 bits per heavy atom. The van der Waals surface area contributed by atoms with Crippen molar-refractivity contribution in [3.05, 3.63) is 42.2 Å². The van der Waals surface area contributed by atoms with Gasteiger partial charge in [0.05, 0.1) is 18.3 Å². The number of aryl methyl sites for hydroxylation is 1. The van der Waals surface area contributed by atoms with Crippen molar-refractivity contribution in [2.75, 3.05) is 5.32 Å². The van der Waals surface area contributed by atoms with E-state index in [9.17, 15) is 4.79 Å². The first kappa shape index (κ1) is 16.4. The number of carbonyl (C=O) groups excluding carboxylic acids is 1. The number of urea groups is 1. The van der Waals surface area contributed by atoms with Crippen LogP contribution in [-0.4, -0.2) is 21.9 Å². The molecule has 1 fully saturated rings. The SMILES string of the molecule is CC(NC(=O)Nc1ccc(OC2CCCC2)cc1)c1cnn(C)c1. The molecule has 0 saturated heterocycles. The summed E-state index contributed by atoms with van der Waals surface area (Å²) in [7, 11) is 1.85. The second-order valence-corrected chi connectivity index (χ2v) is 6.32. The number of hydrogen-bond donors (Lipinski definition) is 2. The van der Waals surface area contributed by atoms with Crippen molar-refractivity contribution in [1.29, 1.82) is 0 Å². The zero-order valence-corrected chi connectivity index (χ0v) is 14.2. The van der Waals surface area contributed by atoms with Gasteiger partial charge in [-0.3, -0.25) is 4.68 Å². The highest BCUT2D eigenvalue weighted by Crippen LogP contribution is 2.25. The summed E-state index contributed by atoms with van der Waals surface area (Å²) in [6, 6.07) is 7.17. The Morgan fingerprint density at radius 1 is 1.29 bits per heavy atom. The molecule has 6 heteroatoms. The quantitative estimate of drug-likeness (QED) is 0.881. The first-order chi connectivity index (χ1) is 11.6. The van der Waals surface area contributed by atoms with Crippen LogP contribution in [0.2, 0.25) is 0 Å². The van der Waals surface area contributed by atoms with Gasteiger partial charge in [0.25, 0.3) is 0 Å². The Hall–Kier alpha value is -2.50. The predicted molar refractivity (Wildman–Crippen MR) is 93.1 cm³/mol. The van der Waals surface area contributed by atoms with Crippen LogP contribution in [0, 0.1) is 0 Å². The molecule has 1 aromatic heterocycles. The number of amides is 2. The third-order valence-electron chi connectivity index (χ3n) is 4.29. The summed E-state index contributed by atoms with van der Waals surface area (Å²) in [6.07, 6.45) is 8.75. The second kappa shape index (κ2) is 7.38. The van der Waals surface area contributed by atoms with Crippen molar-refractivity contribution in [2.45, 2.75) is 44.8 Å². The summed E-state index contributed by atoms with van der Waals surface area (Å²) < 4.78 is 7.64. The van der Waals surface area contributed by atoms with Gasteiger partial charge >= 0.3 is 6.03 Å². The highest BCUT2D eigenvalue weighted by atomic mass is 16.5. The van der Waals surface area contributed by atoms with E-state index in [1.807, 2.05) is 44.4 Å². The van der Waals surface area contributed by atoms with Gasteiger partial charge in [-0.25, -0.2) is 4.79 Å². The number of anilines is 1. The monoisotopic (exact) mass is 328 g/mol. The van der Waals surface area contributed by atoms with Gasteiger partial charge < -0.3 is 15.4 Å². The molecule has 2 aromatic rings. The Morgan fingerprint density at radius 3 is 2.62 bits per heavy atom. The van der Waals surface area contributed by atoms with E-state index >= 15 is 0 Å². The van der Waals surface area contributed by atoms with Gasteiger partial charge in [-0.15, -0.1) is 0 Å². The molecule has 1 unspecified atom stereocenters. The van der Waals surface area contributed by atoms with Crippen LogP contribution in [0.3, 0.4) is 0 Å². The van der Waals surface area contributed by atoms with Gasteiger partial charge in [-0.05, 0) is 56.9 Å². The van der Waals surface area contributed by atoms with E-state index in [4.69, 9.17) is 4.74 Å². The maximum absolute atomic E-state index is 12.1. The number of ether oxygens (including phenoxy) is 1. The summed E-state index contributed by atoms with van der Waals surface area (Å²) in [5.41, 5.74) is 1.71. The highest BCUT2D eigenvalue weighted by molar-refractivity contribution is 5.89. The standard InChI is InChI=1S/C18H24N4O2/c1-13(14-11-19-22(2)12-14)20-18(23)21-15-7-9-17(10-8-15)24-16-5-3-4-6-16/h7-13,16H,3-6H2,1-2H3,(H2,20,21,23). The number of carbonyl (C=O) groups is 1. The second-order valence-electron chi connectivity index (χ2n) is 6.32. The van der Waals surface area contributed by atoms with E-state index in [1.54, 1.807) is 10.9 Å². The van der Waals surface area contributed by atoms with Gasteiger partial charge in [0, 0.05) is 24.5 Å². The molecule has 0 spiro atoms. The van der Waals surface area contributed by atoms with Crippen LogP contribution < -0.4 is 15.4 Å². The molecule has 1 heterocycles. The summed E-state index contributed by atoms with van der Waals surface area (Å²) in [5, 5.41) is 9.85. The van der Waals surface area contributed by atoms with Crippen LogP contribution in [0.5, 0.6) is 5.75 Å². The van der Waals surface area contributed by atoms with Crippen LogP contribution in [0.1, 0.15) is 44.2 Å². The minimum absolute atomic E-state index is 0.108. The molecular weight excluding hydrogens is 304 g/mol. The van der Waals surface area contributed by atoms with E-state index in [0.717, 1.165) is 29.8 Å². The average molecular weight is 328 g/mol. The van der Waals surface area contributed by atoms with Crippen LogP contribution in [-0.2, 0) is 7.05 Å². The minimum atomic E-state index is -0.240. The Balaban J connectivity index is 1.50. The number of rotatable bonds is 5. The van der Waals surface area contributed by atoms with Crippen molar-refractivity contribution in [3.63, 3.8) is 0 Å². The molecule has 0 radical (unpaired) electrons. The van der Waals surface area contributed by atoms with Crippen molar-refractivity contribution < 1.29 is 9.53 Å². The number of aromatic nitrogens is 2. The summed E-state index contributed by atoms with van der Waals surface area (Å²) in [4.78, 5) is 12.1. The summed E-state index contributed by atoms with van der Waals surface area (Å²) >= 11 is 0. The zero-order chi connectivity index (χ0) is 16.9. The molecule has 24 heavy (non-hydrogen) atoms. The molecular formula is C18H24N4O2. The first-order valence-corrected chi connectivity index (χ1v) is 8.43. The molecule has 1 atom stereocenters. The van der Waals surface area contributed by atoms with E-state index in [2.05, 4.69) is 15.7 Å². The largest absolute Gasteiger partial charge is 0.490 e. The van der Waals surface area contributed by atoms with Crippen molar-refractivity contribution in [3.8, 4) is 5.75 Å². The Labute approximate surface area is 142 Å². The van der Waals surface area contributed by atoms with Crippen LogP contribution in [0.15, 0.2) is 36.7 Å². The Bertz CT molecular complexity index is 675. The fourth-order valence-electron chi connectivity index (χ4n) is 2.93. The molecule has 1 aromatic carbocycles. The third-order valence-corrected chi connectivity index (χ3v) is 4.29. The number of nitrogens with one attached hydrogen (secondary N) is 2. The fraction of sp³-hybridized carbons (Fsp3) is 0.444. The van der Waals surface area contributed by atoms with Gasteiger partial charge in [-0.2, -0.15) is 5.10 Å². The molecule has 2 N–H and O–H groups in total. The van der Waals surface area contributed by atoms with Gasteiger partial charge in [0.2, 0.25) is 0 Å². The molecule has 0 aliphatic heterocycles. The van der Waals surface area contributed by atoms with Crippen LogP contribution in [0.25, 0.3) is 0 Å². The fourth-order valence-corrected chi connectivity index (χ4v) is 2.93. The predicted octanol–water partition coefficient (Wildman–Crippen LogP) is 3.62. The van der Waals surface area contributed by atoms with E-state index < -0.39 is 0 Å². The van der Waals surface area contributed by atoms with Gasteiger partial charge in [-0.1, -0.05) is 0 Å². The van der Waals surface area contributed by atoms with Crippen molar-refractivity contribution >= 4 is 11.7 Å². The highest BCUT2D eigenvalue weighted by Gasteiger charge is 2.16. The number of hydrogen-bond acceptors (Lipinski definition) is 3. The number of nitrogens with zero attached hydrogens (tertiary/aromatic N) is 2. The summed E-state index contributed by atoms with van der Waals surface area (Å²) in [5.74, 6) is 0.858. The molecule has 1 saturated carbocycles. The molecule has 0 bridgehead atoms. The third kappa shape index (κ3) is 4.28. The molecule has 128 valence electrons. The molecule has 1 aliphatic carbocycles. The Kier molecular flexibility index (Phi) is 5.03. The van der Waals surface area contributed by atoms with Gasteiger partial charge in [0.15, 0.2) is 0 Å². The van der Waals surface area contributed by atoms with Crippen molar-refractivity contribution in [1.82, 2.24) is 15.1 Å². The number of benzene rings is 1. The molecule has 2 amide bonds. The smallest absolute Gasteiger partial charge is 0.319 e. The van der Waals surface area contributed by atoms with E-state index in [0.29, 0.717) is 6.10 Å². The van der Waals surface area contributed by atoms with Crippen LogP contribution in [0.4, 0.5) is 10.5 Å². The molecule has 3 rings (SSSR count). The topological polar surface area (TPSA) is 68.2 Å². The normalized spacial score (nSPS) is 15.9. The zero-order valence-electron chi connectivity index (χ0n) is 14.2. The van der Waals surface area contributed by atoms with Gasteiger partial charge in [0.1, 0.15) is 5.75 Å². The lowest BCUT2D eigenvalue weighted by molar-refractivity contribution is 0.210. The molecule has 6 nitrogen and oxygen atoms in total. The van der Waals surface area contributed by atoms with E-state index in [1.165, 1.54) is 12.8 Å². The minimum Gasteiger partial charge on any atom is -0.490 e. The lowest BCUT2D eigenvalue weighted by Gasteiger charge is -2.15. The van der Waals surface area contributed by atoms with Crippen molar-refractivity contribution in [2.24, 2.45) is 7.05 Å². The lowest BCUT2D eigenvalue weighted by Crippen LogP contribution is -2.31.